The summed E-state index contributed by atoms with van der Waals surface area (Å²) in [7, 11) is 0. The molecule has 88 valence electrons. The Morgan fingerprint density at radius 2 is 2.06 bits per heavy atom. The molecule has 0 saturated carbocycles. The summed E-state index contributed by atoms with van der Waals surface area (Å²) in [6, 6.07) is 8.41. The highest BCUT2D eigenvalue weighted by atomic mass is 79.9. The van der Waals surface area contributed by atoms with Crippen molar-refractivity contribution in [1.82, 2.24) is 0 Å². The zero-order valence-electron chi connectivity index (χ0n) is 8.95. The van der Waals surface area contributed by atoms with Crippen molar-refractivity contribution >= 4 is 38.9 Å². The van der Waals surface area contributed by atoms with E-state index in [1.54, 1.807) is 11.3 Å². The summed E-state index contributed by atoms with van der Waals surface area (Å²) in [4.78, 5) is 1.16. The second-order valence-corrected chi connectivity index (χ2v) is 6.25. The van der Waals surface area contributed by atoms with Crippen LogP contribution in [-0.4, -0.2) is 0 Å². The van der Waals surface area contributed by atoms with Crippen molar-refractivity contribution in [2.75, 3.05) is 0 Å². The predicted molar refractivity (Wildman–Crippen MR) is 74.7 cm³/mol. The van der Waals surface area contributed by atoms with Gasteiger partial charge in [-0.25, -0.2) is 0 Å². The Hall–Kier alpha value is -0.350. The zero-order chi connectivity index (χ0) is 11.8. The molecule has 1 aliphatic heterocycles. The van der Waals surface area contributed by atoms with Crippen LogP contribution in [0.1, 0.15) is 26.9 Å². The van der Waals surface area contributed by atoms with Gasteiger partial charge in [-0.05, 0) is 44.1 Å². The maximum atomic E-state index is 6.52. The molecule has 4 heteroatoms. The second kappa shape index (κ2) is 4.73. The lowest BCUT2D eigenvalue weighted by Gasteiger charge is -2.10. The Morgan fingerprint density at radius 1 is 1.24 bits per heavy atom. The minimum atomic E-state index is -0.0877. The molecule has 2 heterocycles. The first kappa shape index (κ1) is 11.7. The topological polar surface area (TPSA) is 9.23 Å². The highest BCUT2D eigenvalue weighted by Crippen LogP contribution is 2.38. The van der Waals surface area contributed by atoms with Crippen molar-refractivity contribution < 1.29 is 4.74 Å². The smallest absolute Gasteiger partial charge is 0.0939 e. The maximum absolute atomic E-state index is 6.52. The number of fused-ring (bicyclic) bond motifs is 1. The molecule has 0 saturated heterocycles. The number of alkyl halides is 1. The average molecular weight is 330 g/mol. The van der Waals surface area contributed by atoms with Gasteiger partial charge in [0.25, 0.3) is 0 Å². The van der Waals surface area contributed by atoms with E-state index in [4.69, 9.17) is 16.3 Å². The molecule has 1 unspecified atom stereocenters. The van der Waals surface area contributed by atoms with Crippen LogP contribution in [0.5, 0.6) is 0 Å². The van der Waals surface area contributed by atoms with E-state index < -0.39 is 0 Å². The number of hydrogen-bond donors (Lipinski definition) is 0. The molecule has 1 nitrogen and oxygen atoms in total. The molecule has 1 aromatic carbocycles. The van der Waals surface area contributed by atoms with Crippen LogP contribution in [0.3, 0.4) is 0 Å². The van der Waals surface area contributed by atoms with Crippen molar-refractivity contribution in [1.29, 1.82) is 0 Å². The molecule has 0 N–H and O–H groups in total. The lowest BCUT2D eigenvalue weighted by atomic mass is 10.0. The summed E-state index contributed by atoms with van der Waals surface area (Å²) in [6.07, 6.45) is 0. The summed E-state index contributed by atoms with van der Waals surface area (Å²) in [5, 5.41) is 1.96. The largest absolute Gasteiger partial charge is 0.372 e. The summed E-state index contributed by atoms with van der Waals surface area (Å²) in [5.41, 5.74) is 3.68. The standard InChI is InChI=1S/C13H10BrClOS/c14-11-3-4-17-13(11)12(15)8-1-2-9-6-16-7-10(9)5-8/h1-5,12H,6-7H2. The number of ether oxygens (including phenoxy) is 1. The highest BCUT2D eigenvalue weighted by Gasteiger charge is 2.18. The Balaban J connectivity index is 1.97. The van der Waals surface area contributed by atoms with Gasteiger partial charge in [-0.1, -0.05) is 18.2 Å². The zero-order valence-corrected chi connectivity index (χ0v) is 12.1. The van der Waals surface area contributed by atoms with E-state index in [0.29, 0.717) is 6.61 Å². The normalized spacial score (nSPS) is 15.9. The van der Waals surface area contributed by atoms with Crippen molar-refractivity contribution in [3.05, 3.63) is 55.7 Å². The number of thiophene rings is 1. The van der Waals surface area contributed by atoms with Gasteiger partial charge in [0.15, 0.2) is 0 Å². The van der Waals surface area contributed by atoms with Crippen molar-refractivity contribution in [2.45, 2.75) is 18.6 Å². The van der Waals surface area contributed by atoms with Crippen molar-refractivity contribution in [3.63, 3.8) is 0 Å². The van der Waals surface area contributed by atoms with Gasteiger partial charge in [0, 0.05) is 9.35 Å². The van der Waals surface area contributed by atoms with Gasteiger partial charge in [-0.15, -0.1) is 22.9 Å². The quantitative estimate of drug-likeness (QED) is 0.714. The van der Waals surface area contributed by atoms with Crippen LogP contribution >= 0.6 is 38.9 Å². The summed E-state index contributed by atoms with van der Waals surface area (Å²) < 4.78 is 6.50. The van der Waals surface area contributed by atoms with E-state index in [-0.39, 0.29) is 5.38 Å². The van der Waals surface area contributed by atoms with Crippen LogP contribution in [0.15, 0.2) is 34.1 Å². The highest BCUT2D eigenvalue weighted by molar-refractivity contribution is 9.10. The molecule has 1 aliphatic rings. The molecule has 2 aromatic rings. The van der Waals surface area contributed by atoms with E-state index in [1.165, 1.54) is 11.1 Å². The van der Waals surface area contributed by atoms with Crippen molar-refractivity contribution in [3.8, 4) is 0 Å². The Morgan fingerprint density at radius 3 is 2.82 bits per heavy atom. The van der Waals surface area contributed by atoms with E-state index in [9.17, 15) is 0 Å². The molecule has 0 fully saturated rings. The summed E-state index contributed by atoms with van der Waals surface area (Å²) >= 11 is 11.7. The van der Waals surface area contributed by atoms with Gasteiger partial charge < -0.3 is 4.74 Å². The third-order valence-electron chi connectivity index (χ3n) is 2.91. The average Bonchev–Trinajstić information content (AvgIpc) is 2.95. The lowest BCUT2D eigenvalue weighted by molar-refractivity contribution is 0.134. The lowest BCUT2D eigenvalue weighted by Crippen LogP contribution is -1.93. The van der Waals surface area contributed by atoms with E-state index >= 15 is 0 Å². The SMILES string of the molecule is ClC(c1ccc2c(c1)COC2)c1sccc1Br. The molecular weight excluding hydrogens is 320 g/mol. The molecule has 0 spiro atoms. The molecule has 17 heavy (non-hydrogen) atoms. The number of rotatable bonds is 2. The maximum Gasteiger partial charge on any atom is 0.0939 e. The molecular formula is C13H10BrClOS. The Bertz CT molecular complexity index is 552. The molecule has 0 amide bonds. The first-order valence-corrected chi connectivity index (χ1v) is 7.43. The van der Waals surface area contributed by atoms with Gasteiger partial charge in [0.05, 0.1) is 18.6 Å². The van der Waals surface area contributed by atoms with Gasteiger partial charge in [-0.3, -0.25) is 0 Å². The number of halogens is 2. The molecule has 1 atom stereocenters. The molecule has 0 aliphatic carbocycles. The van der Waals surface area contributed by atoms with E-state index in [2.05, 4.69) is 34.1 Å². The molecule has 0 radical (unpaired) electrons. The van der Waals surface area contributed by atoms with Crippen LogP contribution in [0.25, 0.3) is 0 Å². The minimum Gasteiger partial charge on any atom is -0.372 e. The molecule has 3 rings (SSSR count). The first-order chi connectivity index (χ1) is 8.25. The second-order valence-electron chi connectivity index (χ2n) is 4.02. The fraction of sp³-hybridized carbons (Fsp3) is 0.231. The van der Waals surface area contributed by atoms with Crippen LogP contribution in [0, 0.1) is 0 Å². The Kier molecular flexibility index (Phi) is 3.26. The van der Waals surface area contributed by atoms with Gasteiger partial charge in [0.1, 0.15) is 0 Å². The van der Waals surface area contributed by atoms with Crippen LogP contribution in [0.4, 0.5) is 0 Å². The molecule has 0 bridgehead atoms. The fourth-order valence-corrected chi connectivity index (χ4v) is 4.13. The number of benzene rings is 1. The first-order valence-electron chi connectivity index (χ1n) is 5.32. The summed E-state index contributed by atoms with van der Waals surface area (Å²) in [5.74, 6) is 0. The van der Waals surface area contributed by atoms with Crippen LogP contribution in [0.2, 0.25) is 0 Å². The van der Waals surface area contributed by atoms with Gasteiger partial charge in [0.2, 0.25) is 0 Å². The van der Waals surface area contributed by atoms with Gasteiger partial charge in [-0.2, -0.15) is 0 Å². The van der Waals surface area contributed by atoms with E-state index in [1.807, 2.05) is 11.4 Å². The molecule has 1 aromatic heterocycles. The third-order valence-corrected chi connectivity index (χ3v) is 5.45. The van der Waals surface area contributed by atoms with Crippen LogP contribution in [-0.2, 0) is 18.0 Å². The van der Waals surface area contributed by atoms with E-state index in [0.717, 1.165) is 21.5 Å². The Labute approximate surface area is 118 Å². The predicted octanol–water partition coefficient (Wildman–Crippen LogP) is 4.87. The van der Waals surface area contributed by atoms with Crippen LogP contribution < -0.4 is 0 Å². The fourth-order valence-electron chi connectivity index (χ4n) is 1.99. The number of hydrogen-bond acceptors (Lipinski definition) is 2. The summed E-state index contributed by atoms with van der Waals surface area (Å²) in [6.45, 7) is 1.43. The van der Waals surface area contributed by atoms with Gasteiger partial charge >= 0.3 is 0 Å². The third kappa shape index (κ3) is 2.17. The monoisotopic (exact) mass is 328 g/mol. The van der Waals surface area contributed by atoms with Crippen molar-refractivity contribution in [2.24, 2.45) is 0 Å². The minimum absolute atomic E-state index is 0.0877.